The van der Waals surface area contributed by atoms with Gasteiger partial charge in [0.15, 0.2) is 0 Å². The fraction of sp³-hybridized carbons (Fsp3) is 0.480. The van der Waals surface area contributed by atoms with Crippen molar-refractivity contribution in [3.63, 3.8) is 0 Å². The third kappa shape index (κ3) is 5.13. The molecule has 1 N–H and O–H groups in total. The number of hydrogen-bond acceptors (Lipinski definition) is 5. The highest BCUT2D eigenvalue weighted by molar-refractivity contribution is 5.75. The Balaban J connectivity index is 1.82. The van der Waals surface area contributed by atoms with Crippen molar-refractivity contribution in [2.45, 2.75) is 63.7 Å². The van der Waals surface area contributed by atoms with E-state index >= 15 is 0 Å². The second kappa shape index (κ2) is 9.60. The third-order valence-corrected chi connectivity index (χ3v) is 6.68. The zero-order chi connectivity index (χ0) is 22.6. The molecule has 0 unspecified atom stereocenters. The molecule has 3 rings (SSSR count). The molecule has 0 bridgehead atoms. The zero-order valence-electron chi connectivity index (χ0n) is 18.3. The number of esters is 1. The van der Waals surface area contributed by atoms with Crippen LogP contribution in [0.3, 0.4) is 0 Å². The van der Waals surface area contributed by atoms with Crippen molar-refractivity contribution in [2.75, 3.05) is 0 Å². The first kappa shape index (κ1) is 22.9. The Bertz CT molecular complexity index is 883. The maximum Gasteiger partial charge on any atom is 0.343 e. The van der Waals surface area contributed by atoms with Crippen LogP contribution in [0, 0.1) is 22.0 Å². The number of nitrogens with zero attached hydrogens (tertiary/aromatic N) is 1. The maximum absolute atomic E-state index is 12.9. The highest BCUT2D eigenvalue weighted by atomic mass is 16.6. The minimum absolute atomic E-state index is 0.0491. The lowest BCUT2D eigenvalue weighted by Crippen LogP contribution is -2.45. The van der Waals surface area contributed by atoms with Gasteiger partial charge in [0, 0.05) is 16.4 Å². The second-order valence-electron chi connectivity index (χ2n) is 9.17. The van der Waals surface area contributed by atoms with Gasteiger partial charge in [-0.1, -0.05) is 87.9 Å². The van der Waals surface area contributed by atoms with Crippen LogP contribution in [0.25, 0.3) is 0 Å². The van der Waals surface area contributed by atoms with Gasteiger partial charge >= 0.3 is 5.97 Å². The largest absolute Gasteiger partial charge is 0.460 e. The molecule has 2 aromatic carbocycles. The second-order valence-corrected chi connectivity index (χ2v) is 9.17. The summed E-state index contributed by atoms with van der Waals surface area (Å²) in [5.74, 6) is -0.509. The molecule has 0 radical (unpaired) electrons. The van der Waals surface area contributed by atoms with E-state index in [9.17, 15) is 20.0 Å². The van der Waals surface area contributed by atoms with Crippen LogP contribution in [-0.4, -0.2) is 28.2 Å². The molecule has 0 saturated heterocycles. The molecule has 0 heterocycles. The van der Waals surface area contributed by atoms with Crippen molar-refractivity contribution in [1.29, 1.82) is 0 Å². The number of carbonyl (C=O) groups excluding carboxylic acids is 1. The van der Waals surface area contributed by atoms with Crippen molar-refractivity contribution in [1.82, 2.24) is 0 Å². The Morgan fingerprint density at radius 3 is 2.26 bits per heavy atom. The fourth-order valence-corrected chi connectivity index (χ4v) is 4.78. The average molecular weight is 426 g/mol. The minimum atomic E-state index is -1.87. The van der Waals surface area contributed by atoms with Crippen molar-refractivity contribution >= 4 is 5.97 Å². The summed E-state index contributed by atoms with van der Waals surface area (Å²) in [4.78, 5) is 23.9. The molecule has 6 heteroatoms. The van der Waals surface area contributed by atoms with Crippen LogP contribution in [0.4, 0.5) is 0 Å². The van der Waals surface area contributed by atoms with Crippen LogP contribution >= 0.6 is 0 Å². The maximum atomic E-state index is 12.9. The topological polar surface area (TPSA) is 89.7 Å². The van der Waals surface area contributed by atoms with E-state index in [0.29, 0.717) is 12.3 Å². The van der Waals surface area contributed by atoms with Crippen LogP contribution in [-0.2, 0) is 14.9 Å². The first-order valence-corrected chi connectivity index (χ1v) is 10.8. The van der Waals surface area contributed by atoms with Crippen LogP contribution in [0.5, 0.6) is 0 Å². The highest BCUT2D eigenvalue weighted by Crippen LogP contribution is 2.43. The summed E-state index contributed by atoms with van der Waals surface area (Å²) in [6.45, 7) is 6.40. The normalized spacial score (nSPS) is 23.5. The van der Waals surface area contributed by atoms with E-state index < -0.39 is 29.1 Å². The Hall–Kier alpha value is -2.73. The number of nitro groups is 1. The Morgan fingerprint density at radius 1 is 1.10 bits per heavy atom. The smallest absolute Gasteiger partial charge is 0.343 e. The van der Waals surface area contributed by atoms with Gasteiger partial charge in [-0.05, 0) is 29.7 Å². The summed E-state index contributed by atoms with van der Waals surface area (Å²) < 4.78 is 5.80. The van der Waals surface area contributed by atoms with Crippen LogP contribution < -0.4 is 0 Å². The molecule has 0 amide bonds. The molecule has 1 saturated carbocycles. The first-order chi connectivity index (χ1) is 14.7. The van der Waals surface area contributed by atoms with Gasteiger partial charge < -0.3 is 9.84 Å². The zero-order valence-corrected chi connectivity index (χ0v) is 18.3. The van der Waals surface area contributed by atoms with Gasteiger partial charge in [-0.25, -0.2) is 4.79 Å². The lowest BCUT2D eigenvalue weighted by molar-refractivity contribution is -0.538. The number of carbonyl (C=O) groups is 1. The quantitative estimate of drug-likeness (QED) is 0.395. The van der Waals surface area contributed by atoms with Gasteiger partial charge in [0.25, 0.3) is 6.04 Å². The van der Waals surface area contributed by atoms with Crippen LogP contribution in [0.2, 0.25) is 0 Å². The van der Waals surface area contributed by atoms with E-state index in [0.717, 1.165) is 18.4 Å². The van der Waals surface area contributed by atoms with E-state index in [-0.39, 0.29) is 16.9 Å². The van der Waals surface area contributed by atoms with Gasteiger partial charge in [-0.2, -0.15) is 0 Å². The number of aliphatic hydroxyl groups excluding tert-OH is 1. The van der Waals surface area contributed by atoms with Crippen molar-refractivity contribution in [2.24, 2.45) is 11.8 Å². The third-order valence-electron chi connectivity index (χ3n) is 6.68. The summed E-state index contributed by atoms with van der Waals surface area (Å²) in [5, 5.41) is 22.2. The Kier molecular flexibility index (Phi) is 7.11. The summed E-state index contributed by atoms with van der Waals surface area (Å²) in [6, 6.07) is 16.6. The number of ether oxygens (including phenoxy) is 1. The Morgan fingerprint density at radius 2 is 1.68 bits per heavy atom. The first-order valence-electron chi connectivity index (χ1n) is 10.8. The summed E-state index contributed by atoms with van der Waals surface area (Å²) in [6.07, 6.45) is 0.306. The molecule has 1 aliphatic rings. The number of benzene rings is 2. The molecule has 0 aliphatic heterocycles. The molecule has 31 heavy (non-hydrogen) atoms. The summed E-state index contributed by atoms with van der Waals surface area (Å²) in [5.41, 5.74) is 1.18. The van der Waals surface area contributed by atoms with Crippen molar-refractivity contribution in [3.8, 4) is 0 Å². The minimum Gasteiger partial charge on any atom is -0.460 e. The lowest BCUT2D eigenvalue weighted by atomic mass is 9.64. The summed E-state index contributed by atoms with van der Waals surface area (Å²) in [7, 11) is 0. The molecule has 1 fully saturated rings. The van der Waals surface area contributed by atoms with Crippen LogP contribution in [0.15, 0.2) is 60.7 Å². The fourth-order valence-electron chi connectivity index (χ4n) is 4.78. The predicted molar refractivity (Wildman–Crippen MR) is 118 cm³/mol. The van der Waals surface area contributed by atoms with Gasteiger partial charge in [0.05, 0.1) is 0 Å². The lowest BCUT2D eigenvalue weighted by Gasteiger charge is -2.44. The molecule has 0 spiro atoms. The molecule has 2 aromatic rings. The Labute approximate surface area is 183 Å². The van der Waals surface area contributed by atoms with Gasteiger partial charge in [-0.15, -0.1) is 0 Å². The molecular formula is C25H31NO5. The van der Waals surface area contributed by atoms with Gasteiger partial charge in [-0.3, -0.25) is 10.1 Å². The molecule has 1 aliphatic carbocycles. The molecule has 5 atom stereocenters. The monoisotopic (exact) mass is 425 g/mol. The molecular weight excluding hydrogens is 394 g/mol. The SMILES string of the molecule is C[C@@H]1CC[C@@H](C(C)(C)c2ccccc2)[C@H](OC(=O)[C@@H](O)[C@@H](c2ccccc2)[N+](=O)[O-])C1. The van der Waals surface area contributed by atoms with Crippen molar-refractivity contribution < 1.29 is 19.6 Å². The van der Waals surface area contributed by atoms with Gasteiger partial charge in [0.1, 0.15) is 6.10 Å². The van der Waals surface area contributed by atoms with E-state index in [4.69, 9.17) is 4.74 Å². The summed E-state index contributed by atoms with van der Waals surface area (Å²) >= 11 is 0. The average Bonchev–Trinajstić information content (AvgIpc) is 2.75. The van der Waals surface area contributed by atoms with Crippen molar-refractivity contribution in [3.05, 3.63) is 81.9 Å². The number of rotatable bonds is 7. The number of hydrogen-bond donors (Lipinski definition) is 1. The van der Waals surface area contributed by atoms with E-state index in [1.807, 2.05) is 18.2 Å². The number of aliphatic hydroxyl groups is 1. The molecule has 6 nitrogen and oxygen atoms in total. The standard InChI is InChI=1S/C25H31NO5/c1-17-14-15-20(25(2,3)19-12-8-5-9-13-19)21(16-17)31-24(28)23(27)22(26(29)30)18-10-6-4-7-11-18/h4-13,17,20-23,27H,14-16H2,1-3H3/t17-,20-,21-,22-,23+/m1/s1. The van der Waals surface area contributed by atoms with E-state index in [1.165, 1.54) is 12.1 Å². The molecule has 0 aromatic heterocycles. The van der Waals surface area contributed by atoms with Crippen LogP contribution in [0.1, 0.15) is 57.2 Å². The van der Waals surface area contributed by atoms with E-state index in [1.54, 1.807) is 18.2 Å². The predicted octanol–water partition coefficient (Wildman–Crippen LogP) is 4.69. The molecule has 166 valence electrons. The van der Waals surface area contributed by atoms with E-state index in [2.05, 4.69) is 32.9 Å². The van der Waals surface area contributed by atoms with Gasteiger partial charge in [0.2, 0.25) is 6.10 Å². The highest BCUT2D eigenvalue weighted by Gasteiger charge is 2.45.